The smallest absolute Gasteiger partial charge is 0.327 e. The third-order valence-electron chi connectivity index (χ3n) is 4.44. The molecule has 0 aliphatic carbocycles. The van der Waals surface area contributed by atoms with Crippen LogP contribution >= 0.6 is 24.4 Å². The summed E-state index contributed by atoms with van der Waals surface area (Å²) < 4.78 is 0. The lowest BCUT2D eigenvalue weighted by atomic mass is 10.1. The average molecular weight is 482 g/mol. The van der Waals surface area contributed by atoms with Gasteiger partial charge in [-0.25, -0.2) is 4.79 Å². The van der Waals surface area contributed by atoms with Gasteiger partial charge in [-0.1, -0.05) is 0 Å². The number of unbranched alkanes of at least 4 members (excludes halogenated alkanes) is 1. The quantitative estimate of drug-likeness (QED) is 0.0911. The number of carbonyl (C=O) groups excluding carboxylic acids is 3. The van der Waals surface area contributed by atoms with Crippen molar-refractivity contribution in [2.75, 3.05) is 24.3 Å². The van der Waals surface area contributed by atoms with Gasteiger partial charge in [0.05, 0.1) is 6.10 Å². The Bertz CT molecular complexity index is 596. The van der Waals surface area contributed by atoms with Crippen molar-refractivity contribution in [3.05, 3.63) is 0 Å². The summed E-state index contributed by atoms with van der Waals surface area (Å²) in [4.78, 5) is 48.8. The van der Waals surface area contributed by atoms with E-state index in [1.807, 2.05) is 6.26 Å². The van der Waals surface area contributed by atoms with Crippen molar-refractivity contribution in [3.8, 4) is 0 Å². The first-order valence-corrected chi connectivity index (χ1v) is 12.0. The van der Waals surface area contributed by atoms with Crippen LogP contribution in [0.25, 0.3) is 0 Å². The predicted octanol–water partition coefficient (Wildman–Crippen LogP) is -1.95. The largest absolute Gasteiger partial charge is 0.480 e. The molecule has 5 unspecified atom stereocenters. The van der Waals surface area contributed by atoms with Gasteiger partial charge in [0.15, 0.2) is 0 Å². The van der Waals surface area contributed by atoms with Crippen LogP contribution in [0.2, 0.25) is 0 Å². The predicted molar refractivity (Wildman–Crippen MR) is 123 cm³/mol. The van der Waals surface area contributed by atoms with E-state index in [-0.39, 0.29) is 18.6 Å². The number of amides is 3. The van der Waals surface area contributed by atoms with Gasteiger partial charge in [0.2, 0.25) is 17.7 Å². The van der Waals surface area contributed by atoms with Crippen LogP contribution in [-0.4, -0.2) is 88.5 Å². The monoisotopic (exact) mass is 481 g/mol. The van der Waals surface area contributed by atoms with E-state index in [4.69, 9.17) is 16.6 Å². The topological polar surface area (TPSA) is 197 Å². The highest BCUT2D eigenvalue weighted by Gasteiger charge is 2.30. The molecule has 180 valence electrons. The summed E-state index contributed by atoms with van der Waals surface area (Å²) in [5.41, 5.74) is 11.1. The molecule has 0 aromatic carbocycles. The normalized spacial score (nSPS) is 15.8. The van der Waals surface area contributed by atoms with Crippen LogP contribution in [0.1, 0.15) is 32.6 Å². The zero-order valence-corrected chi connectivity index (χ0v) is 19.6. The Morgan fingerprint density at radius 1 is 0.968 bits per heavy atom. The van der Waals surface area contributed by atoms with Gasteiger partial charge in [-0.3, -0.25) is 14.4 Å². The van der Waals surface area contributed by atoms with E-state index in [1.54, 1.807) is 0 Å². The Morgan fingerprint density at radius 2 is 1.48 bits per heavy atom. The number of carboxylic acid groups (broad SMARTS) is 1. The molecular formula is C18H35N5O6S2. The third-order valence-corrected chi connectivity index (χ3v) is 5.45. The van der Waals surface area contributed by atoms with E-state index in [9.17, 15) is 24.3 Å². The summed E-state index contributed by atoms with van der Waals surface area (Å²) in [6.07, 6.45) is 2.39. The number of rotatable bonds is 16. The minimum atomic E-state index is -1.24. The molecule has 13 heteroatoms. The minimum Gasteiger partial charge on any atom is -0.480 e. The summed E-state index contributed by atoms with van der Waals surface area (Å²) in [6.45, 7) is 1.76. The maximum absolute atomic E-state index is 12.8. The molecule has 3 amide bonds. The molecule has 0 saturated carbocycles. The number of aliphatic hydroxyl groups excluding tert-OH is 1. The van der Waals surface area contributed by atoms with Gasteiger partial charge in [0.1, 0.15) is 24.2 Å². The Labute approximate surface area is 192 Å². The van der Waals surface area contributed by atoms with Crippen LogP contribution in [-0.2, 0) is 19.2 Å². The first-order chi connectivity index (χ1) is 14.6. The van der Waals surface area contributed by atoms with Gasteiger partial charge in [-0.2, -0.15) is 24.4 Å². The molecule has 0 aromatic rings. The first kappa shape index (κ1) is 29.5. The molecule has 0 heterocycles. The third kappa shape index (κ3) is 11.6. The van der Waals surface area contributed by atoms with E-state index >= 15 is 0 Å². The average Bonchev–Trinajstić information content (AvgIpc) is 2.72. The molecule has 0 radical (unpaired) electrons. The number of thiol groups is 1. The lowest BCUT2D eigenvalue weighted by Gasteiger charge is -2.25. The molecule has 11 nitrogen and oxygen atoms in total. The van der Waals surface area contributed by atoms with E-state index in [0.717, 1.165) is 0 Å². The van der Waals surface area contributed by atoms with Crippen molar-refractivity contribution < 1.29 is 29.4 Å². The molecule has 5 atom stereocenters. The minimum absolute atomic E-state index is 0.117. The molecule has 0 aliphatic heterocycles. The zero-order valence-electron chi connectivity index (χ0n) is 17.9. The molecule has 0 spiro atoms. The van der Waals surface area contributed by atoms with Crippen LogP contribution in [0.15, 0.2) is 0 Å². The highest BCUT2D eigenvalue weighted by molar-refractivity contribution is 7.98. The van der Waals surface area contributed by atoms with E-state index in [1.165, 1.54) is 18.7 Å². The lowest BCUT2D eigenvalue weighted by Crippen LogP contribution is -2.58. The standard InChI is InChI=1S/C18H35N5O6S2/c1-10(24)14(20)17(27)22-12(6-8-31-2)16(26)21-11(5-3-4-7-19)15(25)23-13(9-30)18(28)29/h10-14,24,30H,3-9,19-20H2,1-2H3,(H,21,26)(H,22,27)(H,23,25)(H,28,29). The van der Waals surface area contributed by atoms with E-state index in [0.29, 0.717) is 25.1 Å². The van der Waals surface area contributed by atoms with E-state index < -0.39 is 54.0 Å². The Morgan fingerprint density at radius 3 is 1.94 bits per heavy atom. The lowest BCUT2D eigenvalue weighted by molar-refractivity contribution is -0.141. The SMILES string of the molecule is CSCCC(NC(=O)C(N)C(C)O)C(=O)NC(CCCCN)C(=O)NC(CS)C(=O)O. The van der Waals surface area contributed by atoms with Gasteiger partial charge in [-0.05, 0) is 51.2 Å². The number of carboxylic acids is 1. The summed E-state index contributed by atoms with van der Waals surface area (Å²) in [5.74, 6) is -2.77. The van der Waals surface area contributed by atoms with Gasteiger partial charge in [0.25, 0.3) is 0 Å². The van der Waals surface area contributed by atoms with Crippen molar-refractivity contribution >= 4 is 48.1 Å². The maximum atomic E-state index is 12.8. The molecule has 0 aliphatic rings. The number of aliphatic hydroxyl groups is 1. The number of nitrogens with two attached hydrogens (primary N) is 2. The number of thioether (sulfide) groups is 1. The van der Waals surface area contributed by atoms with Gasteiger partial charge in [0, 0.05) is 5.75 Å². The Balaban J connectivity index is 5.36. The number of hydrogen-bond acceptors (Lipinski definition) is 9. The fourth-order valence-corrected chi connectivity index (χ4v) is 3.20. The van der Waals surface area contributed by atoms with E-state index in [2.05, 4.69) is 28.6 Å². The fraction of sp³-hybridized carbons (Fsp3) is 0.778. The highest BCUT2D eigenvalue weighted by Crippen LogP contribution is 2.06. The first-order valence-electron chi connectivity index (χ1n) is 9.96. The van der Waals surface area contributed by atoms with Gasteiger partial charge < -0.3 is 37.6 Å². The van der Waals surface area contributed by atoms with Crippen molar-refractivity contribution in [1.29, 1.82) is 0 Å². The molecule has 0 saturated heterocycles. The number of hydrogen-bond donors (Lipinski definition) is 8. The van der Waals surface area contributed by atoms with Crippen molar-refractivity contribution in [2.45, 2.75) is 62.9 Å². The number of nitrogens with one attached hydrogen (secondary N) is 3. The summed E-state index contributed by atoms with van der Waals surface area (Å²) in [5, 5.41) is 26.1. The molecular weight excluding hydrogens is 446 g/mol. The number of carbonyl (C=O) groups is 4. The van der Waals surface area contributed by atoms with Gasteiger partial charge in [-0.15, -0.1) is 0 Å². The van der Waals surface area contributed by atoms with Crippen molar-refractivity contribution in [2.24, 2.45) is 11.5 Å². The molecule has 31 heavy (non-hydrogen) atoms. The van der Waals surface area contributed by atoms with Crippen LogP contribution in [0.4, 0.5) is 0 Å². The molecule has 0 rings (SSSR count). The van der Waals surface area contributed by atoms with Crippen LogP contribution in [0.5, 0.6) is 0 Å². The zero-order chi connectivity index (χ0) is 24.0. The fourth-order valence-electron chi connectivity index (χ4n) is 2.48. The molecule has 0 fully saturated rings. The molecule has 9 N–H and O–H groups in total. The summed E-state index contributed by atoms with van der Waals surface area (Å²) in [7, 11) is 0. The summed E-state index contributed by atoms with van der Waals surface area (Å²) >= 11 is 5.38. The second-order valence-corrected chi connectivity index (χ2v) is 8.39. The van der Waals surface area contributed by atoms with Crippen LogP contribution in [0, 0.1) is 0 Å². The van der Waals surface area contributed by atoms with Gasteiger partial charge >= 0.3 is 5.97 Å². The second kappa shape index (κ2) is 16.1. The Kier molecular flexibility index (Phi) is 15.3. The number of aliphatic carboxylic acids is 1. The molecule has 0 bridgehead atoms. The highest BCUT2D eigenvalue weighted by atomic mass is 32.2. The van der Waals surface area contributed by atoms with Crippen LogP contribution in [0.3, 0.4) is 0 Å². The molecule has 0 aromatic heterocycles. The van der Waals surface area contributed by atoms with Crippen molar-refractivity contribution in [1.82, 2.24) is 16.0 Å². The Hall–Kier alpha value is -1.54. The van der Waals surface area contributed by atoms with Crippen molar-refractivity contribution in [3.63, 3.8) is 0 Å². The summed E-state index contributed by atoms with van der Waals surface area (Å²) in [6, 6.07) is -4.41. The maximum Gasteiger partial charge on any atom is 0.327 e. The second-order valence-electron chi connectivity index (χ2n) is 7.04. The van der Waals surface area contributed by atoms with Crippen LogP contribution < -0.4 is 27.4 Å².